The van der Waals surface area contributed by atoms with Crippen LogP contribution in [0.15, 0.2) is 18.2 Å². The SMILES string of the molecule is O=C(CBr)Cc1ccc(OC(F)F)c([N+](=O)[O-])c1. The molecule has 0 spiro atoms. The second-order valence-corrected chi connectivity index (χ2v) is 3.85. The Balaban J connectivity index is 3.03. The molecular weight excluding hydrogens is 316 g/mol. The van der Waals surface area contributed by atoms with Gasteiger partial charge in [0.05, 0.1) is 10.3 Å². The molecule has 1 rings (SSSR count). The molecule has 5 nitrogen and oxygen atoms in total. The Labute approximate surface area is 109 Å². The number of nitro groups is 1. The van der Waals surface area contributed by atoms with Crippen molar-refractivity contribution in [1.82, 2.24) is 0 Å². The Hall–Kier alpha value is -1.57. The largest absolute Gasteiger partial charge is 0.427 e. The van der Waals surface area contributed by atoms with Crippen LogP contribution in [0.1, 0.15) is 5.56 Å². The van der Waals surface area contributed by atoms with Gasteiger partial charge in [-0.1, -0.05) is 22.0 Å². The maximum Gasteiger partial charge on any atom is 0.387 e. The van der Waals surface area contributed by atoms with E-state index in [1.54, 1.807) is 0 Å². The van der Waals surface area contributed by atoms with Crippen LogP contribution in [0.4, 0.5) is 14.5 Å². The predicted molar refractivity (Wildman–Crippen MR) is 62.2 cm³/mol. The van der Waals surface area contributed by atoms with Gasteiger partial charge in [0.25, 0.3) is 0 Å². The van der Waals surface area contributed by atoms with Crippen LogP contribution in [0.3, 0.4) is 0 Å². The van der Waals surface area contributed by atoms with Gasteiger partial charge in [-0.15, -0.1) is 0 Å². The molecule has 0 heterocycles. The molecule has 0 aliphatic carbocycles. The molecule has 0 aromatic heterocycles. The molecular formula is C10H8BrF2NO4. The number of rotatable bonds is 6. The van der Waals surface area contributed by atoms with Gasteiger partial charge < -0.3 is 4.74 Å². The Morgan fingerprint density at radius 1 is 1.50 bits per heavy atom. The maximum absolute atomic E-state index is 12.0. The molecule has 1 aromatic carbocycles. The summed E-state index contributed by atoms with van der Waals surface area (Å²) in [5, 5.41) is 10.8. The molecule has 0 aliphatic heterocycles. The van der Waals surface area contributed by atoms with Crippen molar-refractivity contribution in [2.24, 2.45) is 0 Å². The van der Waals surface area contributed by atoms with Gasteiger partial charge in [0.15, 0.2) is 0 Å². The standard InChI is InChI=1S/C10H8BrF2NO4/c11-5-7(15)3-6-1-2-9(18-10(12)13)8(4-6)14(16)17/h1-2,4,10H,3,5H2. The topological polar surface area (TPSA) is 69.4 Å². The summed E-state index contributed by atoms with van der Waals surface area (Å²) in [4.78, 5) is 21.0. The van der Waals surface area contributed by atoms with E-state index in [4.69, 9.17) is 0 Å². The molecule has 0 radical (unpaired) electrons. The molecule has 0 fully saturated rings. The number of nitro benzene ring substituents is 1. The van der Waals surface area contributed by atoms with Crippen LogP contribution in [-0.2, 0) is 11.2 Å². The average Bonchev–Trinajstić information content (AvgIpc) is 2.30. The maximum atomic E-state index is 12.0. The minimum Gasteiger partial charge on any atom is -0.427 e. The van der Waals surface area contributed by atoms with Crippen LogP contribution in [0.25, 0.3) is 0 Å². The second-order valence-electron chi connectivity index (χ2n) is 3.29. The van der Waals surface area contributed by atoms with Crippen LogP contribution >= 0.6 is 15.9 Å². The van der Waals surface area contributed by atoms with E-state index in [-0.39, 0.29) is 17.5 Å². The normalized spacial score (nSPS) is 10.4. The molecule has 0 bridgehead atoms. The Kier molecular flexibility index (Phi) is 5.14. The predicted octanol–water partition coefficient (Wildman–Crippen LogP) is 2.70. The molecule has 0 amide bonds. The van der Waals surface area contributed by atoms with Crippen LogP contribution < -0.4 is 4.74 Å². The molecule has 0 atom stereocenters. The zero-order chi connectivity index (χ0) is 13.7. The zero-order valence-corrected chi connectivity index (χ0v) is 10.5. The Morgan fingerprint density at radius 3 is 2.67 bits per heavy atom. The van der Waals surface area contributed by atoms with Crippen LogP contribution in [0.2, 0.25) is 0 Å². The lowest BCUT2D eigenvalue weighted by Gasteiger charge is -2.06. The van der Waals surface area contributed by atoms with E-state index in [1.165, 1.54) is 6.07 Å². The first-order valence-corrected chi connectivity index (χ1v) is 5.86. The average molecular weight is 324 g/mol. The second kappa shape index (κ2) is 6.39. The molecule has 0 unspecified atom stereocenters. The number of alkyl halides is 3. The molecule has 0 saturated carbocycles. The molecule has 0 N–H and O–H groups in total. The number of carbonyl (C=O) groups is 1. The van der Waals surface area contributed by atoms with E-state index in [9.17, 15) is 23.7 Å². The number of ether oxygens (including phenoxy) is 1. The molecule has 98 valence electrons. The van der Waals surface area contributed by atoms with E-state index in [1.807, 2.05) is 0 Å². The zero-order valence-electron chi connectivity index (χ0n) is 8.94. The van der Waals surface area contributed by atoms with Crippen LogP contribution in [0.5, 0.6) is 5.75 Å². The van der Waals surface area contributed by atoms with E-state index >= 15 is 0 Å². The lowest BCUT2D eigenvalue weighted by atomic mass is 10.1. The van der Waals surface area contributed by atoms with Gasteiger partial charge in [0.1, 0.15) is 5.78 Å². The Bertz CT molecular complexity index is 467. The van der Waals surface area contributed by atoms with Crippen LogP contribution in [-0.4, -0.2) is 22.6 Å². The number of hydrogen-bond acceptors (Lipinski definition) is 4. The van der Waals surface area contributed by atoms with Gasteiger partial charge in [0.2, 0.25) is 5.75 Å². The minimum absolute atomic E-state index is 0.0128. The molecule has 0 aliphatic rings. The summed E-state index contributed by atoms with van der Waals surface area (Å²) in [6, 6.07) is 3.45. The highest BCUT2D eigenvalue weighted by atomic mass is 79.9. The quantitative estimate of drug-likeness (QED) is 0.458. The third-order valence-electron chi connectivity index (χ3n) is 1.99. The fourth-order valence-corrected chi connectivity index (χ4v) is 1.48. The number of Topliss-reactive ketones (excluding diaryl/α,β-unsaturated/α-hetero) is 1. The highest BCUT2D eigenvalue weighted by Gasteiger charge is 2.19. The summed E-state index contributed by atoms with van der Waals surface area (Å²) >= 11 is 2.96. The number of nitrogens with zero attached hydrogens (tertiary/aromatic N) is 1. The summed E-state index contributed by atoms with van der Waals surface area (Å²) in [6.45, 7) is -3.14. The van der Waals surface area contributed by atoms with E-state index in [2.05, 4.69) is 20.7 Å². The van der Waals surface area contributed by atoms with Crippen molar-refractivity contribution >= 4 is 27.4 Å². The lowest BCUT2D eigenvalue weighted by Crippen LogP contribution is -2.07. The summed E-state index contributed by atoms with van der Waals surface area (Å²) in [7, 11) is 0. The summed E-state index contributed by atoms with van der Waals surface area (Å²) < 4.78 is 28.1. The number of hydrogen-bond donors (Lipinski definition) is 0. The van der Waals surface area contributed by atoms with Crippen molar-refractivity contribution < 1.29 is 23.2 Å². The number of ketones is 1. The van der Waals surface area contributed by atoms with Crippen molar-refractivity contribution in [2.45, 2.75) is 13.0 Å². The van der Waals surface area contributed by atoms with Gasteiger partial charge in [-0.3, -0.25) is 14.9 Å². The summed E-state index contributed by atoms with van der Waals surface area (Å²) in [5.41, 5.74) is -0.220. The lowest BCUT2D eigenvalue weighted by molar-refractivity contribution is -0.386. The van der Waals surface area contributed by atoms with E-state index in [0.717, 1.165) is 12.1 Å². The van der Waals surface area contributed by atoms with Crippen molar-refractivity contribution in [3.63, 3.8) is 0 Å². The number of benzene rings is 1. The summed E-state index contributed by atoms with van der Waals surface area (Å²) in [5.74, 6) is -0.697. The third kappa shape index (κ3) is 4.02. The first-order valence-electron chi connectivity index (χ1n) is 4.74. The minimum atomic E-state index is -3.14. The van der Waals surface area contributed by atoms with Crippen molar-refractivity contribution in [1.29, 1.82) is 0 Å². The molecule has 18 heavy (non-hydrogen) atoms. The number of carbonyl (C=O) groups excluding carboxylic acids is 1. The van der Waals surface area contributed by atoms with Gasteiger partial charge in [-0.2, -0.15) is 8.78 Å². The van der Waals surface area contributed by atoms with Gasteiger partial charge in [-0.05, 0) is 11.6 Å². The third-order valence-corrected chi connectivity index (χ3v) is 2.61. The molecule has 0 saturated heterocycles. The van der Waals surface area contributed by atoms with Crippen molar-refractivity contribution in [3.05, 3.63) is 33.9 Å². The fraction of sp³-hybridized carbons (Fsp3) is 0.300. The highest BCUT2D eigenvalue weighted by molar-refractivity contribution is 9.09. The monoisotopic (exact) mass is 323 g/mol. The Morgan fingerprint density at radius 2 is 2.17 bits per heavy atom. The molecule has 8 heteroatoms. The van der Waals surface area contributed by atoms with Crippen molar-refractivity contribution in [2.75, 3.05) is 5.33 Å². The van der Waals surface area contributed by atoms with Gasteiger partial charge in [-0.25, -0.2) is 0 Å². The van der Waals surface area contributed by atoms with Crippen LogP contribution in [0, 0.1) is 10.1 Å². The van der Waals surface area contributed by atoms with Gasteiger partial charge in [0, 0.05) is 12.5 Å². The highest BCUT2D eigenvalue weighted by Crippen LogP contribution is 2.29. The van der Waals surface area contributed by atoms with Gasteiger partial charge >= 0.3 is 12.3 Å². The fourth-order valence-electron chi connectivity index (χ4n) is 1.29. The first-order chi connectivity index (χ1) is 8.43. The van der Waals surface area contributed by atoms with E-state index in [0.29, 0.717) is 5.56 Å². The summed E-state index contributed by atoms with van der Waals surface area (Å²) in [6.07, 6.45) is -0.0128. The molecule has 1 aromatic rings. The number of halogens is 3. The van der Waals surface area contributed by atoms with Crippen molar-refractivity contribution in [3.8, 4) is 5.75 Å². The smallest absolute Gasteiger partial charge is 0.387 e. The first kappa shape index (κ1) is 14.5. The van der Waals surface area contributed by atoms with E-state index < -0.39 is 23.0 Å².